The minimum absolute atomic E-state index is 0.140. The van der Waals surface area contributed by atoms with Crippen molar-refractivity contribution in [2.45, 2.75) is 77.2 Å². The van der Waals surface area contributed by atoms with Crippen molar-refractivity contribution < 1.29 is 28.9 Å². The third-order valence-electron chi connectivity index (χ3n) is 10.5. The number of hydrogen-bond donors (Lipinski definition) is 1. The van der Waals surface area contributed by atoms with E-state index in [4.69, 9.17) is 35.4 Å². The Bertz CT molecular complexity index is 1970. The molecule has 0 amide bonds. The molecule has 7 rings (SSSR count). The molecule has 0 spiro atoms. The van der Waals surface area contributed by atoms with Crippen molar-refractivity contribution in [2.75, 3.05) is 39.3 Å². The molecule has 0 radical (unpaired) electrons. The number of β-amino-alcohol motifs (C(OH)–C–C–N with tert-alkyl or cyclic N) is 1. The van der Waals surface area contributed by atoms with Gasteiger partial charge in [0.25, 0.3) is 0 Å². The normalized spacial score (nSPS) is 18.2. The second kappa shape index (κ2) is 19.0. The van der Waals surface area contributed by atoms with E-state index in [1.807, 2.05) is 18.2 Å². The van der Waals surface area contributed by atoms with Gasteiger partial charge in [-0.25, -0.2) is 0 Å². The quantitative estimate of drug-likeness (QED) is 0.138. The summed E-state index contributed by atoms with van der Waals surface area (Å²) < 4.78 is 19.4. The summed E-state index contributed by atoms with van der Waals surface area (Å²) in [4.78, 5) is 25.2. The molecule has 2 aliphatic heterocycles. The number of ether oxygens (including phenoxy) is 3. The summed E-state index contributed by atoms with van der Waals surface area (Å²) in [7, 11) is 0. The largest absolute Gasteiger partial charge is 0.493 e. The number of aliphatic hydroxyl groups is 1. The molecule has 0 bridgehead atoms. The van der Waals surface area contributed by atoms with Crippen LogP contribution < -0.4 is 14.2 Å². The van der Waals surface area contributed by atoms with Gasteiger partial charge in [-0.3, -0.25) is 9.88 Å². The van der Waals surface area contributed by atoms with Crippen LogP contribution in [0.1, 0.15) is 78.0 Å². The molecule has 1 unspecified atom stereocenters. The van der Waals surface area contributed by atoms with Gasteiger partial charge in [-0.15, -0.1) is 0 Å². The maximum atomic E-state index is 9.82. The Balaban J connectivity index is 0.00000160. The summed E-state index contributed by atoms with van der Waals surface area (Å²) in [5.74, 6) is 2.26. The number of fused-ring (bicyclic) bond motifs is 1. The zero-order valence-electron chi connectivity index (χ0n) is 30.8. The first-order valence-electron chi connectivity index (χ1n) is 18.8. The van der Waals surface area contributed by atoms with Gasteiger partial charge in [-0.2, -0.15) is 14.9 Å². The molecule has 282 valence electrons. The number of aromatic nitrogens is 1. The summed E-state index contributed by atoms with van der Waals surface area (Å²) >= 11 is 6.97. The van der Waals surface area contributed by atoms with Crippen molar-refractivity contribution in [3.63, 3.8) is 0 Å². The van der Waals surface area contributed by atoms with Gasteiger partial charge < -0.3 is 24.2 Å². The molecule has 3 heterocycles. The lowest BCUT2D eigenvalue weighted by molar-refractivity contribution is -0.191. The van der Waals surface area contributed by atoms with Gasteiger partial charge in [0.2, 0.25) is 0 Å². The van der Waals surface area contributed by atoms with Crippen LogP contribution in [0.4, 0.5) is 0 Å². The monoisotopic (exact) mass is 750 g/mol. The fraction of sp³-hybridized carbons (Fsp3) is 0.419. The highest BCUT2D eigenvalue weighted by Gasteiger charge is 2.29. The average Bonchev–Trinajstić information content (AvgIpc) is 3.80. The lowest BCUT2D eigenvalue weighted by atomic mass is 9.93. The number of rotatable bonds is 13. The van der Waals surface area contributed by atoms with E-state index >= 15 is 0 Å². The minimum atomic E-state index is -0.191. The first-order chi connectivity index (χ1) is 26.4. The molecule has 1 N–H and O–H groups in total. The molecule has 54 heavy (non-hydrogen) atoms. The van der Waals surface area contributed by atoms with Crippen LogP contribution in [0.2, 0.25) is 5.02 Å². The summed E-state index contributed by atoms with van der Waals surface area (Å²) in [5.41, 5.74) is 8.38. The second-order valence-electron chi connectivity index (χ2n) is 14.2. The number of nitrogens with zero attached hydrogens (tertiary/aromatic N) is 4. The number of hydrogen-bond acceptors (Lipinski definition) is 10. The van der Waals surface area contributed by atoms with Gasteiger partial charge in [-0.05, 0) is 105 Å². The van der Waals surface area contributed by atoms with Crippen LogP contribution in [-0.2, 0) is 29.2 Å². The number of pyridine rings is 1. The van der Waals surface area contributed by atoms with Crippen LogP contribution in [0.5, 0.6) is 17.2 Å². The van der Waals surface area contributed by atoms with Crippen LogP contribution in [0.25, 0.3) is 11.1 Å². The maximum absolute atomic E-state index is 9.82. The minimum Gasteiger partial charge on any atom is -0.493 e. The first-order valence-corrected chi connectivity index (χ1v) is 19.2. The molecule has 1 aliphatic carbocycles. The van der Waals surface area contributed by atoms with E-state index in [1.54, 1.807) is 12.4 Å². The second-order valence-corrected chi connectivity index (χ2v) is 14.6. The standard InChI is InChI=1S/C42H47ClN4O4.CO2/c1-29-34(8-6-11-39(29)49-19-7-17-47-18-14-33(48)27-47)35-9-5-10-37-36(35)12-13-40(37)51-42-22-41(50-28-31-20-30(23-44)24-45-25-31)32(21-38(42)43)26-46-15-3-2-4-16-46;2-1-3/h5-6,8-11,20-22,24-25,33,40,48H,2-4,7,12-19,26-28H2,1H3;/t33-,40?;/m1./s1. The van der Waals surface area contributed by atoms with E-state index in [9.17, 15) is 10.4 Å². The Labute approximate surface area is 322 Å². The van der Waals surface area contributed by atoms with E-state index in [0.29, 0.717) is 22.9 Å². The number of carbonyl (C=O) groups excluding carboxylic acids is 2. The number of nitriles is 1. The van der Waals surface area contributed by atoms with Crippen molar-refractivity contribution in [3.05, 3.63) is 105 Å². The molecular weight excluding hydrogens is 704 g/mol. The summed E-state index contributed by atoms with van der Waals surface area (Å²) in [6.07, 6.45) is 10.4. The SMILES string of the molecule is Cc1c(OCCCN2CC[C@@H](O)C2)cccc1-c1cccc2c1CCC2Oc1cc(OCc2cncc(C#N)c2)c(CN2CCCCC2)cc1Cl.O=C=O. The van der Waals surface area contributed by atoms with E-state index in [0.717, 1.165) is 93.1 Å². The van der Waals surface area contributed by atoms with Crippen LogP contribution >= 0.6 is 11.6 Å². The molecule has 0 saturated carbocycles. The Hall–Kier alpha value is -4.75. The summed E-state index contributed by atoms with van der Waals surface area (Å²) in [5, 5.41) is 19.7. The Kier molecular flexibility index (Phi) is 13.7. The number of likely N-dealkylation sites (tertiary alicyclic amines) is 2. The fourth-order valence-electron chi connectivity index (χ4n) is 7.76. The van der Waals surface area contributed by atoms with E-state index < -0.39 is 0 Å². The number of halogens is 1. The third kappa shape index (κ3) is 9.86. The Morgan fingerprint density at radius 1 is 0.926 bits per heavy atom. The molecular formula is C43H47ClN4O6. The van der Waals surface area contributed by atoms with Gasteiger partial charge in [-0.1, -0.05) is 48.4 Å². The zero-order valence-corrected chi connectivity index (χ0v) is 31.5. The van der Waals surface area contributed by atoms with Crippen molar-refractivity contribution in [2.24, 2.45) is 0 Å². The van der Waals surface area contributed by atoms with Gasteiger partial charge >= 0.3 is 6.15 Å². The topological polar surface area (TPSA) is 125 Å². The highest BCUT2D eigenvalue weighted by atomic mass is 35.5. The highest BCUT2D eigenvalue weighted by molar-refractivity contribution is 6.32. The van der Waals surface area contributed by atoms with E-state index in [-0.39, 0.29) is 25.0 Å². The van der Waals surface area contributed by atoms with Crippen LogP contribution in [0, 0.1) is 18.3 Å². The molecule has 2 saturated heterocycles. The number of benzene rings is 3. The first kappa shape index (κ1) is 39.0. The van der Waals surface area contributed by atoms with Crippen molar-refractivity contribution in [3.8, 4) is 34.4 Å². The average molecular weight is 751 g/mol. The number of piperidine rings is 1. The zero-order chi connectivity index (χ0) is 37.9. The van der Waals surface area contributed by atoms with Crippen molar-refractivity contribution >= 4 is 17.8 Å². The highest BCUT2D eigenvalue weighted by Crippen LogP contribution is 2.44. The lowest BCUT2D eigenvalue weighted by Gasteiger charge is -2.27. The van der Waals surface area contributed by atoms with Crippen LogP contribution in [-0.4, -0.2) is 71.5 Å². The van der Waals surface area contributed by atoms with Gasteiger partial charge in [0.1, 0.15) is 36.0 Å². The van der Waals surface area contributed by atoms with E-state index in [2.05, 4.69) is 64.2 Å². The van der Waals surface area contributed by atoms with Crippen molar-refractivity contribution in [1.82, 2.24) is 14.8 Å². The molecule has 2 atom stereocenters. The molecule has 3 aliphatic rings. The molecule has 4 aromatic rings. The number of aliphatic hydroxyl groups excluding tert-OH is 1. The predicted molar refractivity (Wildman–Crippen MR) is 204 cm³/mol. The van der Waals surface area contributed by atoms with Gasteiger partial charge in [0.15, 0.2) is 0 Å². The third-order valence-corrected chi connectivity index (χ3v) is 10.8. The van der Waals surface area contributed by atoms with Gasteiger partial charge in [0.05, 0.1) is 23.3 Å². The maximum Gasteiger partial charge on any atom is 0.373 e. The Morgan fingerprint density at radius 2 is 1.72 bits per heavy atom. The molecule has 11 heteroatoms. The fourth-order valence-corrected chi connectivity index (χ4v) is 7.99. The lowest BCUT2D eigenvalue weighted by Crippen LogP contribution is -2.29. The summed E-state index contributed by atoms with van der Waals surface area (Å²) in [6.45, 7) is 8.62. The molecule has 1 aromatic heterocycles. The smallest absolute Gasteiger partial charge is 0.373 e. The predicted octanol–water partition coefficient (Wildman–Crippen LogP) is 7.47. The van der Waals surface area contributed by atoms with Gasteiger partial charge in [0, 0.05) is 55.8 Å². The summed E-state index contributed by atoms with van der Waals surface area (Å²) in [6, 6.07) is 20.7. The van der Waals surface area contributed by atoms with Crippen molar-refractivity contribution in [1.29, 1.82) is 5.26 Å². The van der Waals surface area contributed by atoms with Crippen LogP contribution in [0.15, 0.2) is 67.0 Å². The molecule has 3 aromatic carbocycles. The van der Waals surface area contributed by atoms with Crippen LogP contribution in [0.3, 0.4) is 0 Å². The Morgan fingerprint density at radius 3 is 2.50 bits per heavy atom. The molecule has 2 fully saturated rings. The van der Waals surface area contributed by atoms with E-state index in [1.165, 1.54) is 41.5 Å². The molecule has 10 nitrogen and oxygen atoms in total.